The van der Waals surface area contributed by atoms with Gasteiger partial charge in [0, 0.05) is 18.8 Å². The summed E-state index contributed by atoms with van der Waals surface area (Å²) in [5.74, 6) is 1.06. The number of rotatable bonds is 2. The number of hydrogen-bond acceptors (Lipinski definition) is 6. The van der Waals surface area contributed by atoms with Crippen LogP contribution in [0.4, 0.5) is 11.6 Å². The van der Waals surface area contributed by atoms with Gasteiger partial charge in [0.05, 0.1) is 18.8 Å². The number of aryl methyl sites for hydroxylation is 1. The SMILES string of the molecule is Cc1cccc(-c2nc(N3CCOCC3)no2)c1N. The molecule has 6 nitrogen and oxygen atoms in total. The minimum Gasteiger partial charge on any atom is -0.398 e. The Hall–Kier alpha value is -2.08. The van der Waals surface area contributed by atoms with Crippen LogP contribution in [-0.4, -0.2) is 36.4 Å². The quantitative estimate of drug-likeness (QED) is 0.824. The van der Waals surface area contributed by atoms with E-state index >= 15 is 0 Å². The fraction of sp³-hybridized carbons (Fsp3) is 0.385. The van der Waals surface area contributed by atoms with E-state index in [9.17, 15) is 0 Å². The van der Waals surface area contributed by atoms with E-state index in [-0.39, 0.29) is 0 Å². The average Bonchev–Trinajstić information content (AvgIpc) is 2.92. The third-order valence-corrected chi connectivity index (χ3v) is 3.26. The number of para-hydroxylation sites is 1. The van der Waals surface area contributed by atoms with Gasteiger partial charge in [-0.2, -0.15) is 4.98 Å². The van der Waals surface area contributed by atoms with Crippen molar-refractivity contribution in [3.8, 4) is 11.5 Å². The van der Waals surface area contributed by atoms with Gasteiger partial charge in [0.2, 0.25) is 0 Å². The number of nitrogens with zero attached hydrogens (tertiary/aromatic N) is 3. The standard InChI is InChI=1S/C13H16N4O2/c1-9-3-2-4-10(11(9)14)12-15-13(16-19-12)17-5-7-18-8-6-17/h2-4H,5-8,14H2,1H3. The van der Waals surface area contributed by atoms with Crippen LogP contribution in [0.2, 0.25) is 0 Å². The molecule has 0 radical (unpaired) electrons. The van der Waals surface area contributed by atoms with E-state index in [0.29, 0.717) is 30.7 Å². The molecule has 100 valence electrons. The lowest BCUT2D eigenvalue weighted by Crippen LogP contribution is -2.36. The number of morpholine rings is 1. The maximum Gasteiger partial charge on any atom is 0.266 e. The first kappa shape index (κ1) is 12.0. The molecule has 2 N–H and O–H groups in total. The Kier molecular flexibility index (Phi) is 3.08. The Morgan fingerprint density at radius 3 is 2.84 bits per heavy atom. The van der Waals surface area contributed by atoms with Crippen molar-refractivity contribution in [1.82, 2.24) is 10.1 Å². The zero-order valence-electron chi connectivity index (χ0n) is 10.8. The number of hydrogen-bond donors (Lipinski definition) is 1. The summed E-state index contributed by atoms with van der Waals surface area (Å²) in [6.45, 7) is 4.90. The summed E-state index contributed by atoms with van der Waals surface area (Å²) >= 11 is 0. The fourth-order valence-electron chi connectivity index (χ4n) is 2.08. The van der Waals surface area contributed by atoms with Crippen molar-refractivity contribution in [1.29, 1.82) is 0 Å². The van der Waals surface area contributed by atoms with Gasteiger partial charge < -0.3 is 19.9 Å². The largest absolute Gasteiger partial charge is 0.398 e. The lowest BCUT2D eigenvalue weighted by molar-refractivity contribution is 0.121. The number of aromatic nitrogens is 2. The molecule has 0 saturated carbocycles. The normalized spacial score (nSPS) is 15.7. The third kappa shape index (κ3) is 2.26. The van der Waals surface area contributed by atoms with Gasteiger partial charge in [0.1, 0.15) is 0 Å². The number of ether oxygens (including phenoxy) is 1. The Morgan fingerprint density at radius 2 is 2.05 bits per heavy atom. The van der Waals surface area contributed by atoms with Gasteiger partial charge in [-0.05, 0) is 23.7 Å². The minimum absolute atomic E-state index is 0.461. The summed E-state index contributed by atoms with van der Waals surface area (Å²) in [5.41, 5.74) is 8.51. The first-order valence-corrected chi connectivity index (χ1v) is 6.27. The molecule has 3 rings (SSSR count). The molecular weight excluding hydrogens is 244 g/mol. The first-order chi connectivity index (χ1) is 9.25. The van der Waals surface area contributed by atoms with E-state index in [2.05, 4.69) is 10.1 Å². The van der Waals surface area contributed by atoms with Crippen LogP contribution >= 0.6 is 0 Å². The van der Waals surface area contributed by atoms with Crippen LogP contribution in [0.25, 0.3) is 11.5 Å². The second kappa shape index (κ2) is 4.89. The van der Waals surface area contributed by atoms with E-state index in [4.69, 9.17) is 15.0 Å². The highest BCUT2D eigenvalue weighted by Gasteiger charge is 2.19. The molecule has 1 fully saturated rings. The van der Waals surface area contributed by atoms with Gasteiger partial charge in [-0.15, -0.1) is 0 Å². The van der Waals surface area contributed by atoms with Crippen molar-refractivity contribution in [2.24, 2.45) is 0 Å². The molecule has 19 heavy (non-hydrogen) atoms. The summed E-state index contributed by atoms with van der Waals surface area (Å²) in [4.78, 5) is 6.46. The molecule has 0 atom stereocenters. The van der Waals surface area contributed by atoms with Crippen molar-refractivity contribution < 1.29 is 9.26 Å². The van der Waals surface area contributed by atoms with Crippen molar-refractivity contribution in [3.63, 3.8) is 0 Å². The Bertz CT molecular complexity index is 576. The molecule has 0 aliphatic carbocycles. The maximum absolute atomic E-state index is 6.04. The topological polar surface area (TPSA) is 77.4 Å². The Balaban J connectivity index is 1.90. The number of nitrogens with two attached hydrogens (primary N) is 1. The van der Waals surface area contributed by atoms with Crippen molar-refractivity contribution in [3.05, 3.63) is 23.8 Å². The van der Waals surface area contributed by atoms with Crippen LogP contribution < -0.4 is 10.6 Å². The van der Waals surface area contributed by atoms with Gasteiger partial charge >= 0.3 is 0 Å². The zero-order valence-corrected chi connectivity index (χ0v) is 10.8. The smallest absolute Gasteiger partial charge is 0.266 e. The number of benzene rings is 1. The van der Waals surface area contributed by atoms with Gasteiger partial charge in [0.25, 0.3) is 11.8 Å². The Morgan fingerprint density at radius 1 is 1.26 bits per heavy atom. The molecule has 1 aliphatic heterocycles. The van der Waals surface area contributed by atoms with Crippen molar-refractivity contribution in [2.75, 3.05) is 36.9 Å². The number of nitrogen functional groups attached to an aromatic ring is 1. The molecule has 1 aromatic carbocycles. The lowest BCUT2D eigenvalue weighted by atomic mass is 10.1. The van der Waals surface area contributed by atoms with E-state index in [1.165, 1.54) is 0 Å². The predicted molar refractivity (Wildman–Crippen MR) is 71.9 cm³/mol. The molecule has 0 amide bonds. The molecule has 1 aliphatic rings. The predicted octanol–water partition coefficient (Wildman–Crippen LogP) is 1.46. The molecule has 0 unspecified atom stereocenters. The van der Waals surface area contributed by atoms with Crippen molar-refractivity contribution >= 4 is 11.6 Å². The van der Waals surface area contributed by atoms with Crippen LogP contribution in [-0.2, 0) is 4.74 Å². The van der Waals surface area contributed by atoms with Crippen LogP contribution in [0.3, 0.4) is 0 Å². The molecule has 0 bridgehead atoms. The van der Waals surface area contributed by atoms with E-state index in [0.717, 1.165) is 24.2 Å². The molecule has 1 saturated heterocycles. The molecule has 6 heteroatoms. The highest BCUT2D eigenvalue weighted by molar-refractivity contribution is 5.73. The average molecular weight is 260 g/mol. The van der Waals surface area contributed by atoms with E-state index in [1.807, 2.05) is 30.0 Å². The number of anilines is 2. The summed E-state index contributed by atoms with van der Waals surface area (Å²) in [7, 11) is 0. The van der Waals surface area contributed by atoms with Gasteiger partial charge in [0.15, 0.2) is 0 Å². The molecule has 1 aromatic heterocycles. The van der Waals surface area contributed by atoms with Crippen LogP contribution in [0.5, 0.6) is 0 Å². The lowest BCUT2D eigenvalue weighted by Gasteiger charge is -2.24. The molecule has 0 spiro atoms. The first-order valence-electron chi connectivity index (χ1n) is 6.27. The summed E-state index contributed by atoms with van der Waals surface area (Å²) in [6, 6.07) is 5.77. The van der Waals surface area contributed by atoms with Crippen molar-refractivity contribution in [2.45, 2.75) is 6.92 Å². The fourth-order valence-corrected chi connectivity index (χ4v) is 2.08. The highest BCUT2D eigenvalue weighted by atomic mass is 16.5. The summed E-state index contributed by atoms with van der Waals surface area (Å²) in [5, 5.41) is 4.02. The van der Waals surface area contributed by atoms with Gasteiger partial charge in [-0.1, -0.05) is 12.1 Å². The molecule has 2 heterocycles. The Labute approximate surface area is 111 Å². The molecule has 2 aromatic rings. The van der Waals surface area contributed by atoms with Crippen LogP contribution in [0.1, 0.15) is 5.56 Å². The second-order valence-corrected chi connectivity index (χ2v) is 4.54. The second-order valence-electron chi connectivity index (χ2n) is 4.54. The third-order valence-electron chi connectivity index (χ3n) is 3.26. The maximum atomic E-state index is 6.04. The van der Waals surface area contributed by atoms with Gasteiger partial charge in [-0.25, -0.2) is 0 Å². The highest BCUT2D eigenvalue weighted by Crippen LogP contribution is 2.28. The molecular formula is C13H16N4O2. The minimum atomic E-state index is 0.461. The van der Waals surface area contributed by atoms with Crippen LogP contribution in [0, 0.1) is 6.92 Å². The zero-order chi connectivity index (χ0) is 13.2. The van der Waals surface area contributed by atoms with Gasteiger partial charge in [-0.3, -0.25) is 0 Å². The van der Waals surface area contributed by atoms with E-state index in [1.54, 1.807) is 0 Å². The summed E-state index contributed by atoms with van der Waals surface area (Å²) < 4.78 is 10.6. The van der Waals surface area contributed by atoms with Crippen LogP contribution in [0.15, 0.2) is 22.7 Å². The monoisotopic (exact) mass is 260 g/mol. The van der Waals surface area contributed by atoms with E-state index < -0.39 is 0 Å². The summed E-state index contributed by atoms with van der Waals surface area (Å²) in [6.07, 6.45) is 0.